The van der Waals surface area contributed by atoms with Crippen molar-refractivity contribution in [3.05, 3.63) is 0 Å². The van der Waals surface area contributed by atoms with Crippen LogP contribution in [0.2, 0.25) is 0 Å². The molecule has 0 amide bonds. The van der Waals surface area contributed by atoms with E-state index < -0.39 is 0 Å². The van der Waals surface area contributed by atoms with Crippen LogP contribution in [0.3, 0.4) is 0 Å². The minimum Gasteiger partial charge on any atom is -0.106 e. The quantitative estimate of drug-likeness (QED) is 0.483. The number of hydrogen-bond donors (Lipinski definition) is 0. The van der Waals surface area contributed by atoms with E-state index in [1.54, 1.807) is 0 Å². The van der Waals surface area contributed by atoms with E-state index in [1.807, 2.05) is 0 Å². The van der Waals surface area contributed by atoms with Gasteiger partial charge in [0.25, 0.3) is 0 Å². The van der Waals surface area contributed by atoms with Gasteiger partial charge in [0.05, 0.1) is 0 Å². The molecule has 0 atom stereocenters. The minimum atomic E-state index is 0.886. The van der Waals surface area contributed by atoms with Crippen molar-refractivity contribution in [1.82, 2.24) is 0 Å². The Bertz CT molecular complexity index is 307. The van der Waals surface area contributed by atoms with E-state index in [4.69, 9.17) is 6.42 Å². The summed E-state index contributed by atoms with van der Waals surface area (Å²) in [6.45, 7) is 2.07. The molecular weight excluding hydrogens is 132 g/mol. The third-order valence-corrected chi connectivity index (χ3v) is 0.786. The Morgan fingerprint density at radius 1 is 1.00 bits per heavy atom. The molecule has 0 heterocycles. The van der Waals surface area contributed by atoms with Gasteiger partial charge >= 0.3 is 0 Å². The van der Waals surface area contributed by atoms with E-state index in [-0.39, 0.29) is 0 Å². The number of terminal acetylenes is 1. The molecule has 0 aliphatic heterocycles. The van der Waals surface area contributed by atoms with E-state index in [1.165, 1.54) is 0 Å². The van der Waals surface area contributed by atoms with Crippen LogP contribution in [0.15, 0.2) is 0 Å². The zero-order valence-corrected chi connectivity index (χ0v) is 6.49. The van der Waals surface area contributed by atoms with Crippen molar-refractivity contribution in [2.45, 2.75) is 19.8 Å². The molecule has 11 heavy (non-hydrogen) atoms. The van der Waals surface area contributed by atoms with Crippen LogP contribution in [0.4, 0.5) is 0 Å². The largest absolute Gasteiger partial charge is 0.106 e. The molecule has 0 aliphatic rings. The van der Waals surface area contributed by atoms with Gasteiger partial charge in [0, 0.05) is 6.42 Å². The van der Waals surface area contributed by atoms with Crippen molar-refractivity contribution in [3.63, 3.8) is 0 Å². The van der Waals surface area contributed by atoms with Gasteiger partial charge in [-0.2, -0.15) is 0 Å². The maximum atomic E-state index is 4.86. The third kappa shape index (κ3) is 8.24. The highest BCUT2D eigenvalue weighted by molar-refractivity contribution is 5.39. The molecule has 0 aromatic rings. The molecule has 0 N–H and O–H groups in total. The number of unbranched alkanes of at least 4 members (excludes halogenated alkanes) is 1. The first-order valence-electron chi connectivity index (χ1n) is 3.35. The van der Waals surface area contributed by atoms with Gasteiger partial charge < -0.3 is 0 Å². The van der Waals surface area contributed by atoms with Crippen molar-refractivity contribution >= 4 is 0 Å². The fourth-order valence-corrected chi connectivity index (χ4v) is 0.362. The predicted molar refractivity (Wildman–Crippen MR) is 47.1 cm³/mol. The van der Waals surface area contributed by atoms with Crippen LogP contribution in [0.1, 0.15) is 19.8 Å². The first-order valence-corrected chi connectivity index (χ1v) is 3.35. The first-order chi connectivity index (χ1) is 5.41. The van der Waals surface area contributed by atoms with E-state index in [0.717, 1.165) is 12.8 Å². The van der Waals surface area contributed by atoms with E-state index in [9.17, 15) is 0 Å². The molecule has 0 bridgehead atoms. The smallest absolute Gasteiger partial charge is 0.00963 e. The summed E-state index contributed by atoms with van der Waals surface area (Å²) >= 11 is 0. The van der Waals surface area contributed by atoms with Crippen LogP contribution in [0.5, 0.6) is 0 Å². The maximum absolute atomic E-state index is 4.86. The summed E-state index contributed by atoms with van der Waals surface area (Å²) < 4.78 is 0. The Morgan fingerprint density at radius 3 is 2.27 bits per heavy atom. The standard InChI is InChI=1S/C11H8/c1-3-5-7-9-11-10-8-6-4-2/h1H,4,6H2,2H3. The molecule has 52 valence electrons. The Labute approximate surface area is 68.4 Å². The first kappa shape index (κ1) is 9.24. The number of rotatable bonds is 1. The fraction of sp³-hybridized carbons (Fsp3) is 0.273. The van der Waals surface area contributed by atoms with Crippen LogP contribution in [0.25, 0.3) is 0 Å². The van der Waals surface area contributed by atoms with Crippen LogP contribution >= 0.6 is 0 Å². The minimum absolute atomic E-state index is 0.886. The van der Waals surface area contributed by atoms with E-state index >= 15 is 0 Å². The maximum Gasteiger partial charge on any atom is 0.00963 e. The van der Waals surface area contributed by atoms with Gasteiger partial charge in [-0.05, 0) is 41.9 Å². The molecule has 0 aromatic heterocycles. The second kappa shape index (κ2) is 8.24. The van der Waals surface area contributed by atoms with Crippen molar-refractivity contribution in [1.29, 1.82) is 0 Å². The van der Waals surface area contributed by atoms with Gasteiger partial charge in [-0.15, -0.1) is 6.42 Å². The SMILES string of the molecule is C#CC#CC#CC#CCCC. The lowest BCUT2D eigenvalue weighted by Gasteiger charge is -1.71. The molecule has 0 rings (SSSR count). The Morgan fingerprint density at radius 2 is 1.64 bits per heavy atom. The second-order valence-electron chi connectivity index (χ2n) is 1.70. The highest BCUT2D eigenvalue weighted by Crippen LogP contribution is 1.79. The van der Waals surface area contributed by atoms with Gasteiger partial charge in [-0.3, -0.25) is 0 Å². The Kier molecular flexibility index (Phi) is 6.92. The van der Waals surface area contributed by atoms with Gasteiger partial charge in [0.15, 0.2) is 0 Å². The molecule has 0 aliphatic carbocycles. The molecule has 0 nitrogen and oxygen atoms in total. The molecule has 0 aromatic carbocycles. The van der Waals surface area contributed by atoms with Gasteiger partial charge in [0.2, 0.25) is 0 Å². The van der Waals surface area contributed by atoms with E-state index in [0.29, 0.717) is 0 Å². The van der Waals surface area contributed by atoms with Crippen molar-refractivity contribution in [2.24, 2.45) is 0 Å². The van der Waals surface area contributed by atoms with Gasteiger partial charge in [-0.25, -0.2) is 0 Å². The summed E-state index contributed by atoms with van der Waals surface area (Å²) in [4.78, 5) is 0. The normalized spacial score (nSPS) is 5.09. The molecule has 0 saturated carbocycles. The van der Waals surface area contributed by atoms with Crippen molar-refractivity contribution in [2.75, 3.05) is 0 Å². The molecule has 0 saturated heterocycles. The van der Waals surface area contributed by atoms with E-state index in [2.05, 4.69) is 48.4 Å². The summed E-state index contributed by atoms with van der Waals surface area (Å²) in [5, 5.41) is 0. The molecule has 0 spiro atoms. The summed E-state index contributed by atoms with van der Waals surface area (Å²) in [5.41, 5.74) is 0. The van der Waals surface area contributed by atoms with Crippen LogP contribution in [-0.2, 0) is 0 Å². The lowest BCUT2D eigenvalue weighted by Crippen LogP contribution is -1.59. The highest BCUT2D eigenvalue weighted by atomic mass is 13.7. The van der Waals surface area contributed by atoms with Gasteiger partial charge in [0.1, 0.15) is 0 Å². The lowest BCUT2D eigenvalue weighted by atomic mass is 10.3. The Balaban J connectivity index is 3.77. The zero-order chi connectivity index (χ0) is 8.36. The van der Waals surface area contributed by atoms with Crippen molar-refractivity contribution < 1.29 is 0 Å². The highest BCUT2D eigenvalue weighted by Gasteiger charge is 1.65. The van der Waals surface area contributed by atoms with Gasteiger partial charge in [-0.1, -0.05) is 12.8 Å². The van der Waals surface area contributed by atoms with Crippen LogP contribution in [0, 0.1) is 47.9 Å². The summed E-state index contributed by atoms with van der Waals surface area (Å²) in [6, 6.07) is 0. The Hall–Kier alpha value is -1.76. The summed E-state index contributed by atoms with van der Waals surface area (Å²) in [5.74, 6) is 17.6. The molecule has 0 fully saturated rings. The molecule has 0 radical (unpaired) electrons. The molecular formula is C11H8. The van der Waals surface area contributed by atoms with Crippen LogP contribution < -0.4 is 0 Å². The lowest BCUT2D eigenvalue weighted by molar-refractivity contribution is 0.983. The average Bonchev–Trinajstić information content (AvgIpc) is 2.03. The third-order valence-electron chi connectivity index (χ3n) is 0.786. The topological polar surface area (TPSA) is 0 Å². The van der Waals surface area contributed by atoms with Crippen LogP contribution in [-0.4, -0.2) is 0 Å². The monoisotopic (exact) mass is 140 g/mol. The molecule has 0 heteroatoms. The molecule has 0 unspecified atom stereocenters. The summed E-state index contributed by atoms with van der Waals surface area (Å²) in [7, 11) is 0. The predicted octanol–water partition coefficient (Wildman–Crippen LogP) is 1.43. The summed E-state index contributed by atoms with van der Waals surface area (Å²) in [6.07, 6.45) is 6.81. The van der Waals surface area contributed by atoms with Crippen molar-refractivity contribution in [3.8, 4) is 47.9 Å². The fourth-order valence-electron chi connectivity index (χ4n) is 0.362. The average molecular weight is 140 g/mol. The number of hydrogen-bond acceptors (Lipinski definition) is 0. The zero-order valence-electron chi connectivity index (χ0n) is 6.49. The second-order valence-corrected chi connectivity index (χ2v) is 1.70.